The number of hydrogen-bond acceptors (Lipinski definition) is 8. The average Bonchev–Trinajstić information content (AvgIpc) is 3.44. The van der Waals surface area contributed by atoms with Crippen LogP contribution in [0.2, 0.25) is 10.0 Å². The minimum Gasteiger partial charge on any atom is -0.368 e. The Bertz CT molecular complexity index is 1900. The minimum atomic E-state index is -3.96. The smallest absolute Gasteiger partial charge is 0.311 e. The van der Waals surface area contributed by atoms with Gasteiger partial charge in [-0.15, -0.1) is 0 Å². The first-order valence-corrected chi connectivity index (χ1v) is 15.3. The monoisotopic (exact) mass is 623 g/mol. The quantitative estimate of drug-likeness (QED) is 0.242. The maximum Gasteiger partial charge on any atom is 0.311 e. The summed E-state index contributed by atoms with van der Waals surface area (Å²) in [6.07, 6.45) is 0.715. The van der Waals surface area contributed by atoms with Crippen LogP contribution in [-0.2, 0) is 20.3 Å². The molecular weight excluding hydrogens is 601 g/mol. The molecule has 210 valence electrons. The summed E-state index contributed by atoms with van der Waals surface area (Å²) in [4.78, 5) is 16.9. The van der Waals surface area contributed by atoms with E-state index < -0.39 is 20.3 Å². The van der Waals surface area contributed by atoms with Crippen molar-refractivity contribution in [3.8, 4) is 34.0 Å². The molecule has 5 aromatic rings. The van der Waals surface area contributed by atoms with Crippen LogP contribution >= 0.6 is 23.2 Å². The molecule has 3 aromatic heterocycles. The molecule has 0 fully saturated rings. The van der Waals surface area contributed by atoms with E-state index in [0.29, 0.717) is 50.3 Å². The van der Waals surface area contributed by atoms with E-state index >= 15 is 0 Å². The second kappa shape index (κ2) is 11.2. The Morgan fingerprint density at radius 2 is 1.50 bits per heavy atom. The SMILES string of the molecule is CN(C)S(=O)(=O)n1c(N)nc2ccc(-c3[nH]c(-c4c(Cl)cccc4Cl)nc3-c3ccccc3)nc21.CS(=O)(=O)O. The van der Waals surface area contributed by atoms with Crippen molar-refractivity contribution in [1.82, 2.24) is 28.2 Å². The van der Waals surface area contributed by atoms with Crippen LogP contribution in [-0.4, -0.2) is 70.0 Å². The molecule has 5 rings (SSSR count). The molecular formula is C24H23Cl2N7O5S2. The average molecular weight is 625 g/mol. The van der Waals surface area contributed by atoms with E-state index in [9.17, 15) is 16.8 Å². The number of nitrogens with one attached hydrogen (secondary N) is 1. The summed E-state index contributed by atoms with van der Waals surface area (Å²) in [5.74, 6) is 0.264. The molecule has 0 atom stereocenters. The zero-order chi connectivity index (χ0) is 29.4. The molecule has 40 heavy (non-hydrogen) atoms. The zero-order valence-corrected chi connectivity index (χ0v) is 24.4. The highest BCUT2D eigenvalue weighted by Gasteiger charge is 2.26. The van der Waals surface area contributed by atoms with Crippen molar-refractivity contribution >= 4 is 60.6 Å². The number of nitrogens with two attached hydrogens (primary N) is 1. The summed E-state index contributed by atoms with van der Waals surface area (Å²) in [7, 11) is -4.81. The second-order valence-corrected chi connectivity index (χ2v) is 12.8. The number of aromatic nitrogens is 5. The molecule has 0 aliphatic heterocycles. The lowest BCUT2D eigenvalue weighted by molar-refractivity contribution is 0.490. The lowest BCUT2D eigenvalue weighted by atomic mass is 10.1. The summed E-state index contributed by atoms with van der Waals surface area (Å²) < 4.78 is 53.6. The van der Waals surface area contributed by atoms with Gasteiger partial charge in [-0.05, 0) is 24.3 Å². The number of nitrogens with zero attached hydrogens (tertiary/aromatic N) is 5. The normalized spacial score (nSPS) is 12.0. The van der Waals surface area contributed by atoms with Crippen LogP contribution in [0.1, 0.15) is 0 Å². The Balaban J connectivity index is 0.000000681. The highest BCUT2D eigenvalue weighted by atomic mass is 35.5. The van der Waals surface area contributed by atoms with Crippen molar-refractivity contribution in [2.45, 2.75) is 0 Å². The maximum absolute atomic E-state index is 12.9. The molecule has 0 saturated heterocycles. The standard InChI is InChI=1S/C23H19Cl2N7O2S.CH4O3S/c1-31(2)35(33,34)32-22-17(28-23(32)26)12-11-16(27-22)20-19(13-7-4-3-5-8-13)29-21(30-20)18-14(24)9-6-10-15(18)25;1-5(2,3)4/h3-12H,1-2H3,(H2,26,28)(H,29,30);1H3,(H,2,3,4). The summed E-state index contributed by atoms with van der Waals surface area (Å²) >= 11 is 12.9. The van der Waals surface area contributed by atoms with E-state index in [0.717, 1.165) is 13.8 Å². The number of hydrogen-bond donors (Lipinski definition) is 3. The molecule has 3 heterocycles. The molecule has 0 bridgehead atoms. The fourth-order valence-corrected chi connectivity index (χ4v) is 5.22. The van der Waals surface area contributed by atoms with Gasteiger partial charge in [-0.2, -0.15) is 25.1 Å². The van der Waals surface area contributed by atoms with Crippen molar-refractivity contribution < 1.29 is 21.4 Å². The molecule has 12 nitrogen and oxygen atoms in total. The first-order chi connectivity index (χ1) is 18.7. The fraction of sp³-hybridized carbons (Fsp3) is 0.125. The summed E-state index contributed by atoms with van der Waals surface area (Å²) in [6.45, 7) is 0. The van der Waals surface area contributed by atoms with Gasteiger partial charge in [0.05, 0.1) is 38.9 Å². The van der Waals surface area contributed by atoms with E-state index in [-0.39, 0.29) is 11.6 Å². The van der Waals surface area contributed by atoms with Crippen molar-refractivity contribution in [3.05, 3.63) is 70.7 Å². The highest BCUT2D eigenvalue weighted by Crippen LogP contribution is 2.38. The number of nitrogen functional groups attached to an aromatic ring is 1. The van der Waals surface area contributed by atoms with Crippen LogP contribution in [0.25, 0.3) is 45.2 Å². The highest BCUT2D eigenvalue weighted by molar-refractivity contribution is 7.87. The third-order valence-corrected chi connectivity index (χ3v) is 7.76. The lowest BCUT2D eigenvalue weighted by Crippen LogP contribution is -2.29. The van der Waals surface area contributed by atoms with Gasteiger partial charge >= 0.3 is 10.2 Å². The molecule has 0 unspecified atom stereocenters. The van der Waals surface area contributed by atoms with Crippen LogP contribution < -0.4 is 5.73 Å². The molecule has 4 N–H and O–H groups in total. The predicted octanol–water partition coefficient (Wildman–Crippen LogP) is 4.20. The summed E-state index contributed by atoms with van der Waals surface area (Å²) in [6, 6.07) is 18.1. The molecule has 2 aromatic carbocycles. The Labute approximate surface area is 240 Å². The van der Waals surface area contributed by atoms with Crippen LogP contribution in [0.5, 0.6) is 0 Å². The van der Waals surface area contributed by atoms with Crippen molar-refractivity contribution in [3.63, 3.8) is 0 Å². The van der Waals surface area contributed by atoms with E-state index in [1.54, 1.807) is 30.3 Å². The molecule has 0 spiro atoms. The number of fused-ring (bicyclic) bond motifs is 1. The van der Waals surface area contributed by atoms with Crippen LogP contribution in [0.4, 0.5) is 5.95 Å². The van der Waals surface area contributed by atoms with Gasteiger partial charge in [-0.25, -0.2) is 15.0 Å². The summed E-state index contributed by atoms with van der Waals surface area (Å²) in [5.41, 5.74) is 9.35. The van der Waals surface area contributed by atoms with Gasteiger partial charge in [-0.3, -0.25) is 4.55 Å². The van der Waals surface area contributed by atoms with E-state index in [2.05, 4.69) is 15.0 Å². The molecule has 0 amide bonds. The first-order valence-electron chi connectivity index (χ1n) is 11.3. The number of pyridine rings is 1. The number of H-pyrrole nitrogens is 1. The largest absolute Gasteiger partial charge is 0.368 e. The Kier molecular flexibility index (Phi) is 8.21. The Morgan fingerprint density at radius 3 is 2.08 bits per heavy atom. The minimum absolute atomic E-state index is 0.0969. The number of halogens is 2. The van der Waals surface area contributed by atoms with Crippen molar-refractivity contribution in [2.24, 2.45) is 0 Å². The maximum atomic E-state index is 12.9. The van der Waals surface area contributed by atoms with Crippen LogP contribution in [0.15, 0.2) is 60.7 Å². The number of rotatable bonds is 5. The van der Waals surface area contributed by atoms with Crippen molar-refractivity contribution in [2.75, 3.05) is 26.1 Å². The van der Waals surface area contributed by atoms with E-state index in [1.165, 1.54) is 14.1 Å². The number of imidazole rings is 2. The zero-order valence-electron chi connectivity index (χ0n) is 21.2. The van der Waals surface area contributed by atoms with Gasteiger partial charge < -0.3 is 10.7 Å². The van der Waals surface area contributed by atoms with Crippen LogP contribution in [0.3, 0.4) is 0 Å². The second-order valence-electron chi connectivity index (χ2n) is 8.57. The molecule has 16 heteroatoms. The number of anilines is 1. The predicted molar refractivity (Wildman–Crippen MR) is 156 cm³/mol. The molecule has 0 aliphatic rings. The van der Waals surface area contributed by atoms with Gasteiger partial charge in [-0.1, -0.05) is 59.6 Å². The van der Waals surface area contributed by atoms with Gasteiger partial charge in [0.2, 0.25) is 5.95 Å². The summed E-state index contributed by atoms with van der Waals surface area (Å²) in [5, 5.41) is 0.868. The topological polar surface area (TPSA) is 177 Å². The first kappa shape index (κ1) is 29.5. The number of aromatic amines is 1. The third-order valence-electron chi connectivity index (χ3n) is 5.39. The lowest BCUT2D eigenvalue weighted by Gasteiger charge is -2.13. The van der Waals surface area contributed by atoms with Gasteiger partial charge in [0.1, 0.15) is 11.3 Å². The third kappa shape index (κ3) is 6.11. The molecule has 0 aliphatic carbocycles. The van der Waals surface area contributed by atoms with Gasteiger partial charge in [0.15, 0.2) is 5.65 Å². The van der Waals surface area contributed by atoms with E-state index in [1.807, 2.05) is 30.3 Å². The van der Waals surface area contributed by atoms with Crippen molar-refractivity contribution in [1.29, 1.82) is 0 Å². The molecule has 0 saturated carbocycles. The Hall–Kier alpha value is -3.53. The Morgan fingerprint density at radius 1 is 0.900 bits per heavy atom. The van der Waals surface area contributed by atoms with Gasteiger partial charge in [0, 0.05) is 19.7 Å². The fourth-order valence-electron chi connectivity index (χ4n) is 3.69. The van der Waals surface area contributed by atoms with E-state index in [4.69, 9.17) is 38.5 Å². The molecule has 0 radical (unpaired) electrons. The van der Waals surface area contributed by atoms with Gasteiger partial charge in [0.25, 0.3) is 10.1 Å². The number of benzene rings is 2. The van der Waals surface area contributed by atoms with Crippen LogP contribution in [0, 0.1) is 0 Å².